The molecule has 0 fully saturated rings. The maximum Gasteiger partial charge on any atom is 0.425 e. The third kappa shape index (κ3) is 9.87. The molecule has 0 amide bonds. The Bertz CT molecular complexity index is 1120. The fraction of sp³-hybridized carbons (Fsp3) is 0.441. The minimum absolute atomic E-state index is 0.114. The molecule has 3 aromatic rings. The van der Waals surface area contributed by atoms with Crippen molar-refractivity contribution in [3.8, 4) is 22.3 Å². The van der Waals surface area contributed by atoms with Gasteiger partial charge in [-0.25, -0.2) is 4.79 Å². The Balaban J connectivity index is 1.57. The minimum Gasteiger partial charge on any atom is -0.449 e. The van der Waals surface area contributed by atoms with Gasteiger partial charge in [0.15, 0.2) is 6.10 Å². The molecule has 0 aliphatic carbocycles. The van der Waals surface area contributed by atoms with Gasteiger partial charge in [-0.1, -0.05) is 119 Å². The first kappa shape index (κ1) is 30.5. The van der Waals surface area contributed by atoms with Gasteiger partial charge in [-0.3, -0.25) is 0 Å². The standard InChI is InChI=1S/C34H41F3O2/c1-3-5-7-9-10-12-26-14-16-27(17-15-26)28-18-20-29(21-19-28)30-22-24-31(25-23-30)33(38)39-32(34(35,36)37)13-11-8-6-4-2/h14-25,32H,3-13H2,1-2H3/t32-/m1/s1. The summed E-state index contributed by atoms with van der Waals surface area (Å²) in [5, 5.41) is 0. The number of alkyl halides is 3. The van der Waals surface area contributed by atoms with Crippen molar-refractivity contribution in [3.05, 3.63) is 83.9 Å². The summed E-state index contributed by atoms with van der Waals surface area (Å²) in [5.74, 6) is -0.945. The van der Waals surface area contributed by atoms with Crippen LogP contribution >= 0.6 is 0 Å². The van der Waals surface area contributed by atoms with E-state index in [9.17, 15) is 18.0 Å². The van der Waals surface area contributed by atoms with E-state index in [1.54, 1.807) is 12.1 Å². The average Bonchev–Trinajstić information content (AvgIpc) is 2.94. The largest absolute Gasteiger partial charge is 0.449 e. The number of benzene rings is 3. The van der Waals surface area contributed by atoms with Gasteiger partial charge in [0.2, 0.25) is 0 Å². The third-order valence-corrected chi connectivity index (χ3v) is 7.13. The van der Waals surface area contributed by atoms with Gasteiger partial charge < -0.3 is 4.74 Å². The molecule has 0 unspecified atom stereocenters. The smallest absolute Gasteiger partial charge is 0.425 e. The summed E-state index contributed by atoms with van der Waals surface area (Å²) < 4.78 is 45.0. The topological polar surface area (TPSA) is 26.3 Å². The molecule has 210 valence electrons. The third-order valence-electron chi connectivity index (χ3n) is 7.13. The number of ether oxygens (including phenoxy) is 1. The number of hydrogen-bond acceptors (Lipinski definition) is 2. The van der Waals surface area contributed by atoms with E-state index < -0.39 is 18.2 Å². The summed E-state index contributed by atoms with van der Waals surface area (Å²) in [4.78, 5) is 12.4. The molecule has 0 heterocycles. The first-order chi connectivity index (χ1) is 18.8. The average molecular weight is 539 g/mol. The highest BCUT2D eigenvalue weighted by Gasteiger charge is 2.42. The predicted octanol–water partition coefficient (Wildman–Crippen LogP) is 10.6. The molecular weight excluding hydrogens is 497 g/mol. The molecule has 0 radical (unpaired) electrons. The van der Waals surface area contributed by atoms with Crippen LogP contribution in [0.2, 0.25) is 0 Å². The molecule has 0 saturated carbocycles. The van der Waals surface area contributed by atoms with Crippen molar-refractivity contribution < 1.29 is 22.7 Å². The summed E-state index contributed by atoms with van der Waals surface area (Å²) in [6.07, 6.45) is 3.53. The SMILES string of the molecule is CCCCCCCc1ccc(-c2ccc(-c3ccc(C(=O)O[C@H](CCCCCC)C(F)(F)F)cc3)cc2)cc1. The molecule has 1 atom stereocenters. The Kier molecular flexibility index (Phi) is 12.1. The van der Waals surface area contributed by atoms with Gasteiger partial charge in [0.25, 0.3) is 0 Å². The lowest BCUT2D eigenvalue weighted by Gasteiger charge is -2.20. The highest BCUT2D eigenvalue weighted by Crippen LogP contribution is 2.29. The molecule has 5 heteroatoms. The Labute approximate surface area is 231 Å². The van der Waals surface area contributed by atoms with Crippen molar-refractivity contribution in [3.63, 3.8) is 0 Å². The molecule has 0 aromatic heterocycles. The minimum atomic E-state index is -4.57. The summed E-state index contributed by atoms with van der Waals surface area (Å²) in [7, 11) is 0. The molecule has 0 saturated heterocycles. The number of carbonyl (C=O) groups is 1. The van der Waals surface area contributed by atoms with Crippen LogP contribution in [0.25, 0.3) is 22.3 Å². The molecule has 39 heavy (non-hydrogen) atoms. The molecule has 0 aliphatic heterocycles. The highest BCUT2D eigenvalue weighted by atomic mass is 19.4. The van der Waals surface area contributed by atoms with Gasteiger partial charge in [-0.2, -0.15) is 13.2 Å². The Morgan fingerprint density at radius 1 is 0.641 bits per heavy atom. The van der Waals surface area contributed by atoms with Gasteiger partial charge in [-0.15, -0.1) is 0 Å². The number of esters is 1. The van der Waals surface area contributed by atoms with Crippen molar-refractivity contribution in [2.24, 2.45) is 0 Å². The van der Waals surface area contributed by atoms with E-state index in [0.717, 1.165) is 41.5 Å². The van der Waals surface area contributed by atoms with Crippen LogP contribution in [0.1, 0.15) is 94.0 Å². The van der Waals surface area contributed by atoms with Crippen molar-refractivity contribution >= 4 is 5.97 Å². The maximum absolute atomic E-state index is 13.4. The second-order valence-electron chi connectivity index (χ2n) is 10.3. The number of carbonyl (C=O) groups excluding carboxylic acids is 1. The lowest BCUT2D eigenvalue weighted by molar-refractivity contribution is -0.206. The lowest BCUT2D eigenvalue weighted by Crippen LogP contribution is -2.33. The zero-order valence-corrected chi connectivity index (χ0v) is 23.2. The Morgan fingerprint density at radius 3 is 1.56 bits per heavy atom. The monoisotopic (exact) mass is 538 g/mol. The van der Waals surface area contributed by atoms with Crippen LogP contribution in [-0.4, -0.2) is 18.2 Å². The summed E-state index contributed by atoms with van der Waals surface area (Å²) >= 11 is 0. The van der Waals surface area contributed by atoms with E-state index >= 15 is 0 Å². The second kappa shape index (κ2) is 15.5. The van der Waals surface area contributed by atoms with E-state index in [1.165, 1.54) is 49.8 Å². The zero-order chi connectivity index (χ0) is 28.1. The molecule has 2 nitrogen and oxygen atoms in total. The first-order valence-electron chi connectivity index (χ1n) is 14.4. The molecule has 3 aromatic carbocycles. The van der Waals surface area contributed by atoms with Gasteiger partial charge in [-0.05, 0) is 65.6 Å². The van der Waals surface area contributed by atoms with Crippen LogP contribution < -0.4 is 0 Å². The van der Waals surface area contributed by atoms with Crippen LogP contribution in [-0.2, 0) is 11.2 Å². The van der Waals surface area contributed by atoms with Crippen LogP contribution in [0, 0.1) is 0 Å². The van der Waals surface area contributed by atoms with Gasteiger partial charge >= 0.3 is 12.1 Å². The molecule has 0 aliphatic rings. The number of hydrogen-bond donors (Lipinski definition) is 0. The Hall–Kier alpha value is -3.08. The van der Waals surface area contributed by atoms with Gasteiger partial charge in [0.1, 0.15) is 0 Å². The molecule has 0 bridgehead atoms. The van der Waals surface area contributed by atoms with Crippen molar-refractivity contribution in [2.75, 3.05) is 0 Å². The van der Waals surface area contributed by atoms with E-state index in [0.29, 0.717) is 12.8 Å². The fourth-order valence-electron chi connectivity index (χ4n) is 4.69. The van der Waals surface area contributed by atoms with E-state index in [1.807, 2.05) is 19.1 Å². The highest BCUT2D eigenvalue weighted by molar-refractivity contribution is 5.90. The quantitative estimate of drug-likeness (QED) is 0.142. The molecule has 0 spiro atoms. The second-order valence-corrected chi connectivity index (χ2v) is 10.3. The van der Waals surface area contributed by atoms with Crippen molar-refractivity contribution in [1.82, 2.24) is 0 Å². The number of halogens is 3. The van der Waals surface area contributed by atoms with E-state index in [2.05, 4.69) is 43.3 Å². The molecule has 3 rings (SSSR count). The van der Waals surface area contributed by atoms with Crippen LogP contribution in [0.3, 0.4) is 0 Å². The number of rotatable bonds is 15. The van der Waals surface area contributed by atoms with E-state index in [-0.39, 0.29) is 12.0 Å². The fourth-order valence-corrected chi connectivity index (χ4v) is 4.69. The van der Waals surface area contributed by atoms with Crippen LogP contribution in [0.15, 0.2) is 72.8 Å². The lowest BCUT2D eigenvalue weighted by atomic mass is 9.98. The van der Waals surface area contributed by atoms with E-state index in [4.69, 9.17) is 4.74 Å². The van der Waals surface area contributed by atoms with Gasteiger partial charge in [0.05, 0.1) is 5.56 Å². The number of aryl methyl sites for hydroxylation is 1. The molecule has 0 N–H and O–H groups in total. The normalized spacial score (nSPS) is 12.3. The summed E-state index contributed by atoms with van der Waals surface area (Å²) in [5.41, 5.74) is 5.59. The van der Waals surface area contributed by atoms with Crippen molar-refractivity contribution in [2.45, 2.75) is 96.8 Å². The maximum atomic E-state index is 13.4. The Morgan fingerprint density at radius 2 is 1.08 bits per heavy atom. The summed E-state index contributed by atoms with van der Waals surface area (Å²) in [6, 6.07) is 23.4. The zero-order valence-electron chi connectivity index (χ0n) is 23.2. The summed E-state index contributed by atoms with van der Waals surface area (Å²) in [6.45, 7) is 4.23. The predicted molar refractivity (Wildman–Crippen MR) is 154 cm³/mol. The molecular formula is C34H41F3O2. The van der Waals surface area contributed by atoms with Crippen LogP contribution in [0.5, 0.6) is 0 Å². The van der Waals surface area contributed by atoms with Gasteiger partial charge in [0, 0.05) is 0 Å². The van der Waals surface area contributed by atoms with Crippen molar-refractivity contribution in [1.29, 1.82) is 0 Å². The first-order valence-corrected chi connectivity index (χ1v) is 14.4. The van der Waals surface area contributed by atoms with Crippen LogP contribution in [0.4, 0.5) is 13.2 Å². The number of unbranched alkanes of at least 4 members (excludes halogenated alkanes) is 7.